The lowest BCUT2D eigenvalue weighted by molar-refractivity contribution is -0.130. The van der Waals surface area contributed by atoms with Crippen molar-refractivity contribution in [2.45, 2.75) is 0 Å². The minimum Gasteiger partial charge on any atom is -0.484 e. The molecule has 0 aliphatic heterocycles. The Morgan fingerprint density at radius 1 is 1.27 bits per heavy atom. The van der Waals surface area contributed by atoms with Gasteiger partial charge in [-0.2, -0.15) is 0 Å². The molecule has 0 saturated carbocycles. The molecule has 0 unspecified atom stereocenters. The number of halogens is 2. The highest BCUT2D eigenvalue weighted by Crippen LogP contribution is 2.15. The van der Waals surface area contributed by atoms with Crippen molar-refractivity contribution in [3.8, 4) is 5.75 Å². The van der Waals surface area contributed by atoms with E-state index in [1.54, 1.807) is 14.1 Å². The quantitative estimate of drug-likeness (QED) is 0.763. The maximum atomic E-state index is 12.7. The van der Waals surface area contributed by atoms with Gasteiger partial charge in [-0.15, -0.1) is 0 Å². The molecule has 1 amide bonds. The van der Waals surface area contributed by atoms with Crippen LogP contribution < -0.4 is 4.74 Å². The Hall–Kier alpha value is -1.65. The first kappa shape index (κ1) is 11.4. The highest BCUT2D eigenvalue weighted by atomic mass is 19.1. The van der Waals surface area contributed by atoms with E-state index in [-0.39, 0.29) is 18.3 Å². The van der Waals surface area contributed by atoms with Crippen LogP contribution in [0.15, 0.2) is 18.2 Å². The summed E-state index contributed by atoms with van der Waals surface area (Å²) in [5.41, 5.74) is 0. The van der Waals surface area contributed by atoms with Gasteiger partial charge < -0.3 is 9.64 Å². The molecule has 0 radical (unpaired) electrons. The number of likely N-dealkylation sites (N-methyl/N-ethyl adjacent to an activating group) is 1. The Balaban J connectivity index is 2.61. The highest BCUT2D eigenvalue weighted by Gasteiger charge is 2.06. The Morgan fingerprint density at radius 2 is 1.80 bits per heavy atom. The minimum atomic E-state index is -0.734. The number of hydrogen-bond acceptors (Lipinski definition) is 2. The Morgan fingerprint density at radius 3 is 2.27 bits per heavy atom. The molecule has 0 bridgehead atoms. The average Bonchev–Trinajstić information content (AvgIpc) is 2.12. The van der Waals surface area contributed by atoms with Crippen molar-refractivity contribution >= 4 is 5.91 Å². The third-order valence-corrected chi connectivity index (χ3v) is 1.70. The third-order valence-electron chi connectivity index (χ3n) is 1.70. The van der Waals surface area contributed by atoms with Gasteiger partial charge in [0, 0.05) is 32.3 Å². The first-order valence-electron chi connectivity index (χ1n) is 4.28. The van der Waals surface area contributed by atoms with Gasteiger partial charge in [0.05, 0.1) is 0 Å². The predicted octanol–water partition coefficient (Wildman–Crippen LogP) is 1.43. The fourth-order valence-electron chi connectivity index (χ4n) is 0.886. The van der Waals surface area contributed by atoms with Crippen LogP contribution in [0.2, 0.25) is 0 Å². The van der Waals surface area contributed by atoms with Crippen molar-refractivity contribution in [3.05, 3.63) is 29.8 Å². The van der Waals surface area contributed by atoms with Gasteiger partial charge in [0.1, 0.15) is 17.4 Å². The maximum absolute atomic E-state index is 12.7. The molecule has 1 aromatic rings. The van der Waals surface area contributed by atoms with Crippen LogP contribution in [0.5, 0.6) is 5.75 Å². The largest absolute Gasteiger partial charge is 0.484 e. The monoisotopic (exact) mass is 215 g/mol. The van der Waals surface area contributed by atoms with Crippen molar-refractivity contribution in [3.63, 3.8) is 0 Å². The molecule has 0 heterocycles. The number of ether oxygens (including phenoxy) is 1. The number of carbonyl (C=O) groups excluding carboxylic acids is 1. The second-order valence-electron chi connectivity index (χ2n) is 3.18. The van der Waals surface area contributed by atoms with Gasteiger partial charge in [-0.25, -0.2) is 8.78 Å². The Bertz CT molecular complexity index is 346. The first-order chi connectivity index (χ1) is 6.99. The SMILES string of the molecule is CN(C)C(=O)COc1cc(F)cc(F)c1. The third kappa shape index (κ3) is 3.53. The lowest BCUT2D eigenvalue weighted by Crippen LogP contribution is -2.27. The van der Waals surface area contributed by atoms with Gasteiger partial charge in [-0.1, -0.05) is 0 Å². The molecule has 15 heavy (non-hydrogen) atoms. The van der Waals surface area contributed by atoms with Crippen LogP contribution in [0.25, 0.3) is 0 Å². The van der Waals surface area contributed by atoms with E-state index in [0.717, 1.165) is 18.2 Å². The summed E-state index contributed by atoms with van der Waals surface area (Å²) in [5, 5.41) is 0. The van der Waals surface area contributed by atoms with E-state index in [1.807, 2.05) is 0 Å². The van der Waals surface area contributed by atoms with Crippen LogP contribution in [0.1, 0.15) is 0 Å². The van der Waals surface area contributed by atoms with Crippen LogP contribution in [0.4, 0.5) is 8.78 Å². The minimum absolute atomic E-state index is 0.00250. The fraction of sp³-hybridized carbons (Fsp3) is 0.300. The van der Waals surface area contributed by atoms with Gasteiger partial charge in [0.15, 0.2) is 6.61 Å². The van der Waals surface area contributed by atoms with E-state index in [4.69, 9.17) is 4.74 Å². The van der Waals surface area contributed by atoms with Gasteiger partial charge in [-0.05, 0) is 0 Å². The lowest BCUT2D eigenvalue weighted by Gasteiger charge is -2.11. The predicted molar refractivity (Wildman–Crippen MR) is 50.5 cm³/mol. The molecule has 0 atom stereocenters. The van der Waals surface area contributed by atoms with E-state index in [0.29, 0.717) is 0 Å². The van der Waals surface area contributed by atoms with Gasteiger partial charge in [0.2, 0.25) is 0 Å². The summed E-state index contributed by atoms with van der Waals surface area (Å²) >= 11 is 0. The average molecular weight is 215 g/mol. The number of carbonyl (C=O) groups is 1. The smallest absolute Gasteiger partial charge is 0.259 e. The lowest BCUT2D eigenvalue weighted by atomic mass is 10.3. The molecule has 1 rings (SSSR count). The fourth-order valence-corrected chi connectivity index (χ4v) is 0.886. The number of benzene rings is 1. The van der Waals surface area contributed by atoms with E-state index < -0.39 is 11.6 Å². The highest BCUT2D eigenvalue weighted by molar-refractivity contribution is 5.77. The summed E-state index contributed by atoms with van der Waals surface area (Å²) in [4.78, 5) is 12.4. The van der Waals surface area contributed by atoms with Crippen LogP contribution in [0, 0.1) is 11.6 Å². The van der Waals surface area contributed by atoms with E-state index in [9.17, 15) is 13.6 Å². The number of amides is 1. The number of rotatable bonds is 3. The molecule has 0 aliphatic rings. The first-order valence-corrected chi connectivity index (χ1v) is 4.28. The van der Waals surface area contributed by atoms with Gasteiger partial charge in [-0.3, -0.25) is 4.79 Å². The van der Waals surface area contributed by atoms with Crippen molar-refractivity contribution < 1.29 is 18.3 Å². The van der Waals surface area contributed by atoms with Gasteiger partial charge >= 0.3 is 0 Å². The molecular formula is C10H11F2NO2. The molecule has 0 aromatic heterocycles. The standard InChI is InChI=1S/C10H11F2NO2/c1-13(2)10(14)6-15-9-4-7(11)3-8(12)5-9/h3-5H,6H2,1-2H3. The topological polar surface area (TPSA) is 29.5 Å². The molecule has 0 saturated heterocycles. The van der Waals surface area contributed by atoms with Crippen molar-refractivity contribution in [2.24, 2.45) is 0 Å². The Labute approximate surface area is 86.3 Å². The Kier molecular flexibility index (Phi) is 3.60. The number of hydrogen-bond donors (Lipinski definition) is 0. The molecular weight excluding hydrogens is 204 g/mol. The van der Waals surface area contributed by atoms with Crippen molar-refractivity contribution in [1.82, 2.24) is 4.90 Å². The van der Waals surface area contributed by atoms with Crippen LogP contribution in [-0.2, 0) is 4.79 Å². The van der Waals surface area contributed by atoms with E-state index in [2.05, 4.69) is 0 Å². The summed E-state index contributed by atoms with van der Waals surface area (Å²) in [6.07, 6.45) is 0. The molecule has 0 fully saturated rings. The molecule has 82 valence electrons. The van der Waals surface area contributed by atoms with Crippen LogP contribution in [0.3, 0.4) is 0 Å². The zero-order valence-electron chi connectivity index (χ0n) is 8.46. The molecule has 0 N–H and O–H groups in total. The zero-order valence-corrected chi connectivity index (χ0v) is 8.46. The summed E-state index contributed by atoms with van der Waals surface area (Å²) in [5.74, 6) is -1.74. The van der Waals surface area contributed by atoms with Crippen molar-refractivity contribution in [2.75, 3.05) is 20.7 Å². The van der Waals surface area contributed by atoms with Crippen molar-refractivity contribution in [1.29, 1.82) is 0 Å². The second kappa shape index (κ2) is 4.72. The normalized spacial score (nSPS) is 9.87. The summed E-state index contributed by atoms with van der Waals surface area (Å²) < 4.78 is 30.3. The molecule has 3 nitrogen and oxygen atoms in total. The molecule has 1 aromatic carbocycles. The zero-order chi connectivity index (χ0) is 11.4. The summed E-state index contributed by atoms with van der Waals surface area (Å²) in [6.45, 7) is -0.240. The van der Waals surface area contributed by atoms with E-state index in [1.165, 1.54) is 4.90 Å². The molecule has 0 spiro atoms. The molecule has 5 heteroatoms. The molecule has 0 aliphatic carbocycles. The van der Waals surface area contributed by atoms with Crippen LogP contribution >= 0.6 is 0 Å². The van der Waals surface area contributed by atoms with E-state index >= 15 is 0 Å². The summed E-state index contributed by atoms with van der Waals surface area (Å²) in [7, 11) is 3.13. The van der Waals surface area contributed by atoms with Crippen LogP contribution in [-0.4, -0.2) is 31.5 Å². The maximum Gasteiger partial charge on any atom is 0.259 e. The van der Waals surface area contributed by atoms with Gasteiger partial charge in [0.25, 0.3) is 5.91 Å². The second-order valence-corrected chi connectivity index (χ2v) is 3.18. The summed E-state index contributed by atoms with van der Waals surface area (Å²) in [6, 6.07) is 2.78. The number of nitrogens with zero attached hydrogens (tertiary/aromatic N) is 1.